The SMILES string of the molecule is CC1CCC(C(=O)Nc2cc(-c3cccc(F)c3)on2)O1. The Hall–Kier alpha value is -2.21. The molecule has 2 aromatic rings. The second-order valence-corrected chi connectivity index (χ2v) is 5.09. The molecule has 3 rings (SSSR count). The molecule has 1 aliphatic rings. The Morgan fingerprint density at radius 2 is 2.24 bits per heavy atom. The van der Waals surface area contributed by atoms with Crippen LogP contribution >= 0.6 is 0 Å². The second-order valence-electron chi connectivity index (χ2n) is 5.09. The lowest BCUT2D eigenvalue weighted by molar-refractivity contribution is -0.126. The fraction of sp³-hybridized carbons (Fsp3) is 0.333. The zero-order valence-corrected chi connectivity index (χ0v) is 11.5. The van der Waals surface area contributed by atoms with Gasteiger partial charge in [0.1, 0.15) is 11.9 Å². The Kier molecular flexibility index (Phi) is 3.70. The largest absolute Gasteiger partial charge is 0.365 e. The Balaban J connectivity index is 1.69. The molecular formula is C15H15FN2O3. The van der Waals surface area contributed by atoms with Gasteiger partial charge in [-0.3, -0.25) is 4.79 Å². The van der Waals surface area contributed by atoms with Gasteiger partial charge < -0.3 is 14.6 Å². The van der Waals surface area contributed by atoms with Crippen molar-refractivity contribution in [3.63, 3.8) is 0 Å². The fourth-order valence-corrected chi connectivity index (χ4v) is 2.31. The van der Waals surface area contributed by atoms with Crippen LogP contribution in [0.15, 0.2) is 34.9 Å². The lowest BCUT2D eigenvalue weighted by Gasteiger charge is -2.09. The van der Waals surface area contributed by atoms with Gasteiger partial charge in [-0.15, -0.1) is 0 Å². The maximum atomic E-state index is 13.2. The predicted molar refractivity (Wildman–Crippen MR) is 74.1 cm³/mol. The highest BCUT2D eigenvalue weighted by atomic mass is 19.1. The highest BCUT2D eigenvalue weighted by Crippen LogP contribution is 2.24. The van der Waals surface area contributed by atoms with E-state index in [0.29, 0.717) is 23.6 Å². The van der Waals surface area contributed by atoms with E-state index < -0.39 is 6.10 Å². The third kappa shape index (κ3) is 3.11. The summed E-state index contributed by atoms with van der Waals surface area (Å²) in [5.74, 6) is 0.0918. The molecule has 2 unspecified atom stereocenters. The van der Waals surface area contributed by atoms with Crippen molar-refractivity contribution in [2.75, 3.05) is 5.32 Å². The van der Waals surface area contributed by atoms with Crippen molar-refractivity contribution in [3.8, 4) is 11.3 Å². The normalized spacial score (nSPS) is 21.4. The standard InChI is InChI=1S/C15H15FN2O3/c1-9-5-6-12(20-9)15(19)17-14-8-13(21-18-14)10-3-2-4-11(16)7-10/h2-4,7-9,12H,5-6H2,1H3,(H,17,18,19). The number of ether oxygens (including phenoxy) is 1. The van der Waals surface area contributed by atoms with Gasteiger partial charge in [0, 0.05) is 11.6 Å². The molecule has 1 N–H and O–H groups in total. The van der Waals surface area contributed by atoms with Gasteiger partial charge in [-0.05, 0) is 31.9 Å². The zero-order chi connectivity index (χ0) is 14.8. The van der Waals surface area contributed by atoms with E-state index in [-0.39, 0.29) is 17.8 Å². The van der Waals surface area contributed by atoms with E-state index in [2.05, 4.69) is 10.5 Å². The molecule has 110 valence electrons. The Labute approximate surface area is 121 Å². The highest BCUT2D eigenvalue weighted by Gasteiger charge is 2.28. The number of anilines is 1. The molecule has 1 amide bonds. The summed E-state index contributed by atoms with van der Waals surface area (Å²) in [6.07, 6.45) is 1.21. The molecule has 21 heavy (non-hydrogen) atoms. The van der Waals surface area contributed by atoms with E-state index in [1.165, 1.54) is 12.1 Å². The quantitative estimate of drug-likeness (QED) is 0.943. The number of carbonyl (C=O) groups excluding carboxylic acids is 1. The summed E-state index contributed by atoms with van der Waals surface area (Å²) in [6, 6.07) is 7.54. The van der Waals surface area contributed by atoms with E-state index >= 15 is 0 Å². The van der Waals surface area contributed by atoms with Gasteiger partial charge in [0.25, 0.3) is 5.91 Å². The summed E-state index contributed by atoms with van der Waals surface area (Å²) in [5, 5.41) is 6.41. The molecule has 6 heteroatoms. The molecular weight excluding hydrogens is 275 g/mol. The maximum absolute atomic E-state index is 13.2. The number of amides is 1. The molecule has 5 nitrogen and oxygen atoms in total. The minimum atomic E-state index is -0.450. The molecule has 0 spiro atoms. The molecule has 0 aliphatic carbocycles. The van der Waals surface area contributed by atoms with Gasteiger partial charge in [0.05, 0.1) is 6.10 Å². The van der Waals surface area contributed by atoms with Crippen LogP contribution in [0.1, 0.15) is 19.8 Å². The van der Waals surface area contributed by atoms with Crippen LogP contribution in [0.4, 0.5) is 10.2 Å². The van der Waals surface area contributed by atoms with Crippen molar-refractivity contribution in [1.82, 2.24) is 5.16 Å². The number of hydrogen-bond donors (Lipinski definition) is 1. The van der Waals surface area contributed by atoms with Crippen LogP contribution in [-0.4, -0.2) is 23.3 Å². The number of halogens is 1. The topological polar surface area (TPSA) is 64.4 Å². The molecule has 0 bridgehead atoms. The number of nitrogens with zero attached hydrogens (tertiary/aromatic N) is 1. The van der Waals surface area contributed by atoms with Gasteiger partial charge >= 0.3 is 0 Å². The molecule has 0 saturated carbocycles. The minimum Gasteiger partial charge on any atom is -0.365 e. The minimum absolute atomic E-state index is 0.0981. The van der Waals surface area contributed by atoms with Crippen molar-refractivity contribution in [2.45, 2.75) is 32.0 Å². The van der Waals surface area contributed by atoms with Crippen LogP contribution in [0.25, 0.3) is 11.3 Å². The van der Waals surface area contributed by atoms with Crippen molar-refractivity contribution in [1.29, 1.82) is 0 Å². The van der Waals surface area contributed by atoms with Crippen molar-refractivity contribution >= 4 is 11.7 Å². The summed E-state index contributed by atoms with van der Waals surface area (Å²) >= 11 is 0. The van der Waals surface area contributed by atoms with E-state index in [0.717, 1.165) is 6.42 Å². The number of benzene rings is 1. The van der Waals surface area contributed by atoms with Crippen molar-refractivity contribution in [2.24, 2.45) is 0 Å². The summed E-state index contributed by atoms with van der Waals surface area (Å²) in [4.78, 5) is 12.0. The van der Waals surface area contributed by atoms with Crippen LogP contribution in [0.2, 0.25) is 0 Å². The summed E-state index contributed by atoms with van der Waals surface area (Å²) in [6.45, 7) is 1.94. The van der Waals surface area contributed by atoms with E-state index in [4.69, 9.17) is 9.26 Å². The average Bonchev–Trinajstić information content (AvgIpc) is 3.08. The monoisotopic (exact) mass is 290 g/mol. The molecule has 1 fully saturated rings. The maximum Gasteiger partial charge on any atom is 0.254 e. The molecule has 2 atom stereocenters. The molecule has 1 aromatic heterocycles. The summed E-state index contributed by atoms with van der Waals surface area (Å²) < 4.78 is 23.8. The molecule has 2 heterocycles. The Morgan fingerprint density at radius 3 is 2.95 bits per heavy atom. The first kappa shape index (κ1) is 13.8. The van der Waals surface area contributed by atoms with E-state index in [1.807, 2.05) is 6.92 Å². The Morgan fingerprint density at radius 1 is 1.38 bits per heavy atom. The number of nitrogens with one attached hydrogen (secondary N) is 1. The smallest absolute Gasteiger partial charge is 0.254 e. The first-order valence-electron chi connectivity index (χ1n) is 6.81. The zero-order valence-electron chi connectivity index (χ0n) is 11.5. The van der Waals surface area contributed by atoms with Crippen molar-refractivity contribution in [3.05, 3.63) is 36.1 Å². The van der Waals surface area contributed by atoms with Crippen LogP contribution in [0, 0.1) is 5.82 Å². The van der Waals surface area contributed by atoms with Crippen LogP contribution in [0.3, 0.4) is 0 Å². The number of hydrogen-bond acceptors (Lipinski definition) is 4. The summed E-state index contributed by atoms with van der Waals surface area (Å²) in [7, 11) is 0. The first-order valence-corrected chi connectivity index (χ1v) is 6.81. The number of carbonyl (C=O) groups is 1. The van der Waals surface area contributed by atoms with Gasteiger partial charge in [0.2, 0.25) is 0 Å². The first-order chi connectivity index (χ1) is 10.1. The van der Waals surface area contributed by atoms with Gasteiger partial charge in [-0.2, -0.15) is 0 Å². The molecule has 1 aromatic carbocycles. The number of aromatic nitrogens is 1. The van der Waals surface area contributed by atoms with Crippen LogP contribution < -0.4 is 5.32 Å². The van der Waals surface area contributed by atoms with Gasteiger partial charge in [-0.1, -0.05) is 17.3 Å². The van der Waals surface area contributed by atoms with Crippen LogP contribution in [-0.2, 0) is 9.53 Å². The fourth-order valence-electron chi connectivity index (χ4n) is 2.31. The molecule has 1 aliphatic heterocycles. The van der Waals surface area contributed by atoms with E-state index in [9.17, 15) is 9.18 Å². The molecule has 0 radical (unpaired) electrons. The predicted octanol–water partition coefficient (Wildman–Crippen LogP) is 2.99. The second kappa shape index (κ2) is 5.65. The third-order valence-corrected chi connectivity index (χ3v) is 3.39. The van der Waals surface area contributed by atoms with Crippen molar-refractivity contribution < 1.29 is 18.4 Å². The van der Waals surface area contributed by atoms with Gasteiger partial charge in [0.15, 0.2) is 11.6 Å². The average molecular weight is 290 g/mol. The lowest BCUT2D eigenvalue weighted by atomic mass is 10.1. The van der Waals surface area contributed by atoms with Gasteiger partial charge in [-0.25, -0.2) is 4.39 Å². The summed E-state index contributed by atoms with van der Waals surface area (Å²) in [5.41, 5.74) is 0.564. The third-order valence-electron chi connectivity index (χ3n) is 3.39. The lowest BCUT2D eigenvalue weighted by Crippen LogP contribution is -2.27. The highest BCUT2D eigenvalue weighted by molar-refractivity contribution is 5.93. The molecule has 1 saturated heterocycles. The number of rotatable bonds is 3. The van der Waals surface area contributed by atoms with E-state index in [1.54, 1.807) is 18.2 Å². The Bertz CT molecular complexity index is 656. The van der Waals surface area contributed by atoms with Crippen LogP contribution in [0.5, 0.6) is 0 Å².